The first-order chi connectivity index (χ1) is 7.58. The van der Waals surface area contributed by atoms with Crippen molar-refractivity contribution in [3.05, 3.63) is 34.3 Å². The summed E-state index contributed by atoms with van der Waals surface area (Å²) in [7, 11) is 0. The molecule has 1 aliphatic rings. The van der Waals surface area contributed by atoms with Gasteiger partial charge in [-0.3, -0.25) is 9.80 Å². The van der Waals surface area contributed by atoms with Crippen LogP contribution in [0.25, 0.3) is 0 Å². The van der Waals surface area contributed by atoms with Gasteiger partial charge in [-0.05, 0) is 31.5 Å². The number of nitrogens with one attached hydrogen (secondary N) is 1. The second-order valence-corrected chi connectivity index (χ2v) is 5.21. The first-order valence-electron chi connectivity index (χ1n) is 5.41. The Bertz CT molecular complexity index is 406. The van der Waals surface area contributed by atoms with Gasteiger partial charge >= 0.3 is 0 Å². The lowest BCUT2D eigenvalue weighted by Gasteiger charge is -2.22. The summed E-state index contributed by atoms with van der Waals surface area (Å²) in [6, 6.07) is 8.37. The lowest BCUT2D eigenvalue weighted by molar-refractivity contribution is -0.131. The van der Waals surface area contributed by atoms with E-state index in [1.54, 1.807) is 5.01 Å². The standard InChI is InChI=1S/C12H15BrN2O/c1-8(2)15-12(16)7-11(14-15)9-4-3-5-10(13)6-9/h3-6,8,11,14H,7H2,1-2H3. The molecule has 2 rings (SSSR count). The van der Waals surface area contributed by atoms with Gasteiger partial charge in [-0.1, -0.05) is 28.1 Å². The van der Waals surface area contributed by atoms with Gasteiger partial charge in [0, 0.05) is 16.9 Å². The summed E-state index contributed by atoms with van der Waals surface area (Å²) in [6.45, 7) is 4.02. The first kappa shape index (κ1) is 11.6. The van der Waals surface area contributed by atoms with Gasteiger partial charge in [-0.2, -0.15) is 0 Å². The average Bonchev–Trinajstić information content (AvgIpc) is 2.60. The molecule has 0 aromatic heterocycles. The molecule has 0 bridgehead atoms. The lowest BCUT2D eigenvalue weighted by atomic mass is 10.1. The van der Waals surface area contributed by atoms with E-state index in [9.17, 15) is 4.79 Å². The number of nitrogens with zero attached hydrogens (tertiary/aromatic N) is 1. The Morgan fingerprint density at radius 2 is 2.25 bits per heavy atom. The molecule has 1 unspecified atom stereocenters. The second kappa shape index (κ2) is 4.55. The van der Waals surface area contributed by atoms with Gasteiger partial charge in [0.2, 0.25) is 5.91 Å². The van der Waals surface area contributed by atoms with E-state index < -0.39 is 0 Å². The van der Waals surface area contributed by atoms with Gasteiger partial charge in [-0.25, -0.2) is 5.43 Å². The van der Waals surface area contributed by atoms with Crippen LogP contribution in [0.15, 0.2) is 28.7 Å². The fraction of sp³-hybridized carbons (Fsp3) is 0.417. The molecule has 1 fully saturated rings. The van der Waals surface area contributed by atoms with Crippen LogP contribution in [0.3, 0.4) is 0 Å². The monoisotopic (exact) mass is 282 g/mol. The number of hydrazine groups is 1. The Balaban J connectivity index is 2.17. The van der Waals surface area contributed by atoms with Gasteiger partial charge in [-0.15, -0.1) is 0 Å². The van der Waals surface area contributed by atoms with E-state index in [-0.39, 0.29) is 18.0 Å². The maximum absolute atomic E-state index is 11.7. The van der Waals surface area contributed by atoms with E-state index in [0.29, 0.717) is 6.42 Å². The normalized spacial score (nSPS) is 20.9. The van der Waals surface area contributed by atoms with Crippen LogP contribution in [0, 0.1) is 0 Å². The number of hydrogen-bond donors (Lipinski definition) is 1. The first-order valence-corrected chi connectivity index (χ1v) is 6.21. The zero-order chi connectivity index (χ0) is 11.7. The third-order valence-corrected chi connectivity index (χ3v) is 3.20. The van der Waals surface area contributed by atoms with Crippen molar-refractivity contribution in [1.29, 1.82) is 0 Å². The fourth-order valence-corrected chi connectivity index (χ4v) is 2.33. The lowest BCUT2D eigenvalue weighted by Crippen LogP contribution is -2.40. The topological polar surface area (TPSA) is 32.3 Å². The smallest absolute Gasteiger partial charge is 0.238 e. The summed E-state index contributed by atoms with van der Waals surface area (Å²) < 4.78 is 1.04. The van der Waals surface area contributed by atoms with Crippen LogP contribution in [-0.4, -0.2) is 17.0 Å². The van der Waals surface area contributed by atoms with Gasteiger partial charge in [0.1, 0.15) is 0 Å². The van der Waals surface area contributed by atoms with Crippen molar-refractivity contribution in [2.75, 3.05) is 0 Å². The summed E-state index contributed by atoms with van der Waals surface area (Å²) in [4.78, 5) is 11.7. The van der Waals surface area contributed by atoms with Crippen molar-refractivity contribution in [3.63, 3.8) is 0 Å². The molecule has 1 atom stereocenters. The Morgan fingerprint density at radius 3 is 2.81 bits per heavy atom. The minimum Gasteiger partial charge on any atom is -0.275 e. The second-order valence-electron chi connectivity index (χ2n) is 4.30. The highest BCUT2D eigenvalue weighted by atomic mass is 79.9. The molecule has 3 nitrogen and oxygen atoms in total. The van der Waals surface area contributed by atoms with Crippen molar-refractivity contribution in [2.24, 2.45) is 0 Å². The molecule has 1 saturated heterocycles. The maximum Gasteiger partial charge on any atom is 0.238 e. The number of hydrogen-bond acceptors (Lipinski definition) is 2. The van der Waals surface area contributed by atoms with E-state index in [4.69, 9.17) is 0 Å². The van der Waals surface area contributed by atoms with Crippen LogP contribution in [-0.2, 0) is 4.79 Å². The van der Waals surface area contributed by atoms with Crippen LogP contribution < -0.4 is 5.43 Å². The van der Waals surface area contributed by atoms with Crippen LogP contribution >= 0.6 is 15.9 Å². The summed E-state index contributed by atoms with van der Waals surface area (Å²) in [5.74, 6) is 0.167. The molecular formula is C12H15BrN2O. The highest BCUT2D eigenvalue weighted by Gasteiger charge is 2.31. The average molecular weight is 283 g/mol. The number of amides is 1. The van der Waals surface area contributed by atoms with E-state index in [1.807, 2.05) is 32.0 Å². The van der Waals surface area contributed by atoms with E-state index in [1.165, 1.54) is 0 Å². The predicted octanol–water partition coefficient (Wildman–Crippen LogP) is 2.64. The van der Waals surface area contributed by atoms with Crippen molar-refractivity contribution >= 4 is 21.8 Å². The summed E-state index contributed by atoms with van der Waals surface area (Å²) >= 11 is 3.44. The minimum absolute atomic E-state index is 0.104. The van der Waals surface area contributed by atoms with Crippen LogP contribution in [0.1, 0.15) is 31.9 Å². The summed E-state index contributed by atoms with van der Waals surface area (Å²) in [5.41, 5.74) is 4.39. The van der Waals surface area contributed by atoms with Crippen LogP contribution in [0.2, 0.25) is 0 Å². The molecule has 1 aliphatic heterocycles. The van der Waals surface area contributed by atoms with Crippen molar-refractivity contribution in [1.82, 2.24) is 10.4 Å². The van der Waals surface area contributed by atoms with Gasteiger partial charge in [0.15, 0.2) is 0 Å². The Hall–Kier alpha value is -0.870. The highest BCUT2D eigenvalue weighted by molar-refractivity contribution is 9.10. The predicted molar refractivity (Wildman–Crippen MR) is 66.6 cm³/mol. The number of benzene rings is 1. The van der Waals surface area contributed by atoms with Crippen molar-refractivity contribution < 1.29 is 4.79 Å². The maximum atomic E-state index is 11.7. The number of halogens is 1. The Labute approximate surface area is 104 Å². The third-order valence-electron chi connectivity index (χ3n) is 2.71. The van der Waals surface area contributed by atoms with E-state index >= 15 is 0 Å². The fourth-order valence-electron chi connectivity index (χ4n) is 1.91. The largest absolute Gasteiger partial charge is 0.275 e. The molecule has 1 amide bonds. The molecule has 0 saturated carbocycles. The zero-order valence-electron chi connectivity index (χ0n) is 9.40. The van der Waals surface area contributed by atoms with E-state index in [2.05, 4.69) is 27.4 Å². The Kier molecular flexibility index (Phi) is 3.30. The zero-order valence-corrected chi connectivity index (χ0v) is 11.0. The molecule has 0 radical (unpaired) electrons. The minimum atomic E-state index is 0.104. The van der Waals surface area contributed by atoms with Crippen LogP contribution in [0.4, 0.5) is 0 Å². The number of rotatable bonds is 2. The SMILES string of the molecule is CC(C)N1NC(c2cccc(Br)c2)CC1=O. The van der Waals surface area contributed by atoms with Crippen molar-refractivity contribution in [2.45, 2.75) is 32.4 Å². The molecule has 1 aromatic carbocycles. The highest BCUT2D eigenvalue weighted by Crippen LogP contribution is 2.26. The van der Waals surface area contributed by atoms with Crippen LogP contribution in [0.5, 0.6) is 0 Å². The molecular weight excluding hydrogens is 268 g/mol. The van der Waals surface area contributed by atoms with E-state index in [0.717, 1.165) is 10.0 Å². The van der Waals surface area contributed by atoms with Gasteiger partial charge < -0.3 is 0 Å². The molecule has 1 N–H and O–H groups in total. The quantitative estimate of drug-likeness (QED) is 0.905. The van der Waals surface area contributed by atoms with Gasteiger partial charge in [0.05, 0.1) is 6.04 Å². The summed E-state index contributed by atoms with van der Waals surface area (Å²) in [6.07, 6.45) is 0.536. The number of carbonyl (C=O) groups is 1. The number of carbonyl (C=O) groups excluding carboxylic acids is 1. The molecule has 4 heteroatoms. The molecule has 1 aromatic rings. The molecule has 16 heavy (non-hydrogen) atoms. The molecule has 0 spiro atoms. The molecule has 1 heterocycles. The third kappa shape index (κ3) is 2.28. The summed E-state index contributed by atoms with van der Waals surface area (Å²) in [5, 5.41) is 1.71. The van der Waals surface area contributed by atoms with Crippen molar-refractivity contribution in [3.8, 4) is 0 Å². The molecule has 0 aliphatic carbocycles. The molecule has 86 valence electrons. The Morgan fingerprint density at radius 1 is 1.50 bits per heavy atom. The van der Waals surface area contributed by atoms with Gasteiger partial charge in [0.25, 0.3) is 0 Å².